The molecule has 0 bridgehead atoms. The SMILES string of the molecule is CC(C)C[C@@H](NC(N)=O)C(=O)NCc1ccccc1OC(F)(F)F. The molecular formula is C15H20F3N3O3. The number of carbonyl (C=O) groups is 2. The van der Waals surface area contributed by atoms with Gasteiger partial charge in [0.1, 0.15) is 11.8 Å². The third-order valence-electron chi connectivity index (χ3n) is 2.99. The lowest BCUT2D eigenvalue weighted by atomic mass is 10.0. The van der Waals surface area contributed by atoms with Crippen molar-refractivity contribution < 1.29 is 27.5 Å². The zero-order valence-electron chi connectivity index (χ0n) is 13.3. The summed E-state index contributed by atoms with van der Waals surface area (Å²) in [6, 6.07) is 3.76. The smallest absolute Gasteiger partial charge is 0.405 e. The average Bonchev–Trinajstić information content (AvgIpc) is 2.42. The highest BCUT2D eigenvalue weighted by Gasteiger charge is 2.32. The van der Waals surface area contributed by atoms with E-state index in [1.165, 1.54) is 18.2 Å². The fourth-order valence-corrected chi connectivity index (χ4v) is 2.05. The largest absolute Gasteiger partial charge is 0.573 e. The molecule has 0 saturated heterocycles. The minimum absolute atomic E-state index is 0.105. The Morgan fingerprint density at radius 2 is 1.88 bits per heavy atom. The second kappa shape index (κ2) is 8.42. The molecule has 1 aromatic rings. The number of alkyl halides is 3. The Labute approximate surface area is 137 Å². The van der Waals surface area contributed by atoms with Gasteiger partial charge < -0.3 is 21.1 Å². The van der Waals surface area contributed by atoms with Crippen LogP contribution in [0.4, 0.5) is 18.0 Å². The van der Waals surface area contributed by atoms with E-state index >= 15 is 0 Å². The lowest BCUT2D eigenvalue weighted by Crippen LogP contribution is -2.49. The molecule has 0 aliphatic carbocycles. The molecule has 1 atom stereocenters. The van der Waals surface area contributed by atoms with Gasteiger partial charge in [0.2, 0.25) is 5.91 Å². The molecule has 9 heteroatoms. The molecule has 0 aliphatic heterocycles. The van der Waals surface area contributed by atoms with Crippen molar-refractivity contribution in [2.45, 2.75) is 39.2 Å². The van der Waals surface area contributed by atoms with Gasteiger partial charge >= 0.3 is 12.4 Å². The van der Waals surface area contributed by atoms with Gasteiger partial charge in [-0.3, -0.25) is 4.79 Å². The van der Waals surface area contributed by atoms with E-state index in [4.69, 9.17) is 5.73 Å². The number of hydrogen-bond acceptors (Lipinski definition) is 3. The fraction of sp³-hybridized carbons (Fsp3) is 0.467. The Morgan fingerprint density at radius 1 is 1.25 bits per heavy atom. The topological polar surface area (TPSA) is 93.5 Å². The van der Waals surface area contributed by atoms with E-state index in [2.05, 4.69) is 15.4 Å². The molecule has 24 heavy (non-hydrogen) atoms. The first-order valence-corrected chi connectivity index (χ1v) is 7.26. The molecule has 4 N–H and O–H groups in total. The van der Waals surface area contributed by atoms with Crippen LogP contribution in [0.1, 0.15) is 25.8 Å². The molecular weight excluding hydrogens is 327 g/mol. The van der Waals surface area contributed by atoms with Gasteiger partial charge in [0.05, 0.1) is 0 Å². The summed E-state index contributed by atoms with van der Waals surface area (Å²) in [7, 11) is 0. The van der Waals surface area contributed by atoms with Crippen molar-refractivity contribution in [1.29, 1.82) is 0 Å². The van der Waals surface area contributed by atoms with Crippen LogP contribution in [0, 0.1) is 5.92 Å². The summed E-state index contributed by atoms with van der Waals surface area (Å²) in [6.45, 7) is 3.53. The Kier molecular flexibility index (Phi) is 6.87. The summed E-state index contributed by atoms with van der Waals surface area (Å²) in [6.07, 6.45) is -4.48. The van der Waals surface area contributed by atoms with Gasteiger partial charge in [0.25, 0.3) is 0 Å². The standard InChI is InChI=1S/C15H20F3N3O3/c1-9(2)7-11(21-14(19)23)13(22)20-8-10-5-3-4-6-12(10)24-15(16,17)18/h3-6,9,11H,7-8H2,1-2H3,(H,20,22)(H3,19,21,23)/t11-/m1/s1. The van der Waals surface area contributed by atoms with Gasteiger partial charge in [-0.25, -0.2) is 4.79 Å². The maximum atomic E-state index is 12.4. The summed E-state index contributed by atoms with van der Waals surface area (Å²) >= 11 is 0. The Balaban J connectivity index is 2.76. The lowest BCUT2D eigenvalue weighted by molar-refractivity contribution is -0.274. The first-order chi connectivity index (χ1) is 11.1. The first kappa shape index (κ1) is 19.6. The number of halogens is 3. The van der Waals surface area contributed by atoms with E-state index in [0.29, 0.717) is 6.42 Å². The summed E-state index contributed by atoms with van der Waals surface area (Å²) in [5, 5.41) is 4.80. The van der Waals surface area contributed by atoms with Crippen LogP contribution < -0.4 is 21.1 Å². The average molecular weight is 347 g/mol. The van der Waals surface area contributed by atoms with E-state index in [0.717, 1.165) is 6.07 Å². The molecule has 0 saturated carbocycles. The number of urea groups is 1. The molecule has 0 heterocycles. The third-order valence-corrected chi connectivity index (χ3v) is 2.99. The number of benzene rings is 1. The van der Waals surface area contributed by atoms with Crippen LogP contribution in [0.5, 0.6) is 5.75 Å². The Bertz CT molecular complexity index is 577. The highest BCUT2D eigenvalue weighted by molar-refractivity contribution is 5.86. The van der Waals surface area contributed by atoms with Crippen LogP contribution >= 0.6 is 0 Å². The molecule has 0 aliphatic rings. The number of para-hydroxylation sites is 1. The highest BCUT2D eigenvalue weighted by atomic mass is 19.4. The molecule has 1 aromatic carbocycles. The fourth-order valence-electron chi connectivity index (χ4n) is 2.05. The van der Waals surface area contributed by atoms with Crippen molar-refractivity contribution in [2.75, 3.05) is 0 Å². The van der Waals surface area contributed by atoms with E-state index in [1.807, 2.05) is 13.8 Å². The molecule has 6 nitrogen and oxygen atoms in total. The van der Waals surface area contributed by atoms with Crippen LogP contribution in [-0.2, 0) is 11.3 Å². The molecule has 0 radical (unpaired) electrons. The summed E-state index contributed by atoms with van der Waals surface area (Å²) in [4.78, 5) is 23.1. The Morgan fingerprint density at radius 3 is 2.42 bits per heavy atom. The van der Waals surface area contributed by atoms with Gasteiger partial charge in [-0.1, -0.05) is 32.0 Å². The van der Waals surface area contributed by atoms with Crippen LogP contribution in [0.25, 0.3) is 0 Å². The van der Waals surface area contributed by atoms with Gasteiger partial charge in [-0.05, 0) is 18.4 Å². The normalized spacial score (nSPS) is 12.6. The molecule has 1 rings (SSSR count). The van der Waals surface area contributed by atoms with Crippen LogP contribution in [-0.4, -0.2) is 24.3 Å². The van der Waals surface area contributed by atoms with Crippen LogP contribution in [0.2, 0.25) is 0 Å². The third kappa shape index (κ3) is 7.21. The molecule has 0 fully saturated rings. The van der Waals surface area contributed by atoms with Gasteiger partial charge in [0.15, 0.2) is 0 Å². The minimum Gasteiger partial charge on any atom is -0.405 e. The molecule has 134 valence electrons. The number of amides is 3. The number of primary amides is 1. The van der Waals surface area contributed by atoms with Crippen LogP contribution in [0.15, 0.2) is 24.3 Å². The van der Waals surface area contributed by atoms with E-state index in [1.54, 1.807) is 0 Å². The van der Waals surface area contributed by atoms with Crippen molar-refractivity contribution in [3.8, 4) is 5.75 Å². The molecule has 3 amide bonds. The van der Waals surface area contributed by atoms with Crippen LogP contribution in [0.3, 0.4) is 0 Å². The van der Waals surface area contributed by atoms with E-state index in [-0.39, 0.29) is 18.0 Å². The highest BCUT2D eigenvalue weighted by Crippen LogP contribution is 2.26. The Hall–Kier alpha value is -2.45. The van der Waals surface area contributed by atoms with Crippen molar-refractivity contribution in [3.63, 3.8) is 0 Å². The van der Waals surface area contributed by atoms with Crippen molar-refractivity contribution in [2.24, 2.45) is 11.7 Å². The number of hydrogen-bond donors (Lipinski definition) is 3. The zero-order valence-corrected chi connectivity index (χ0v) is 13.3. The predicted octanol–water partition coefficient (Wildman–Crippen LogP) is 2.28. The van der Waals surface area contributed by atoms with E-state index in [9.17, 15) is 22.8 Å². The van der Waals surface area contributed by atoms with Crippen molar-refractivity contribution >= 4 is 11.9 Å². The maximum Gasteiger partial charge on any atom is 0.573 e. The number of nitrogens with two attached hydrogens (primary N) is 1. The maximum absolute atomic E-state index is 12.4. The van der Waals surface area contributed by atoms with Gasteiger partial charge in [0, 0.05) is 12.1 Å². The second-order valence-corrected chi connectivity index (χ2v) is 5.56. The number of nitrogens with one attached hydrogen (secondary N) is 2. The zero-order chi connectivity index (χ0) is 18.3. The number of ether oxygens (including phenoxy) is 1. The minimum atomic E-state index is -4.83. The monoisotopic (exact) mass is 347 g/mol. The van der Waals surface area contributed by atoms with Gasteiger partial charge in [-0.15, -0.1) is 13.2 Å². The van der Waals surface area contributed by atoms with E-state index < -0.39 is 30.1 Å². The number of carbonyl (C=O) groups excluding carboxylic acids is 2. The van der Waals surface area contributed by atoms with Gasteiger partial charge in [-0.2, -0.15) is 0 Å². The number of rotatable bonds is 7. The predicted molar refractivity (Wildman–Crippen MR) is 80.9 cm³/mol. The molecule has 0 spiro atoms. The van der Waals surface area contributed by atoms with Crippen molar-refractivity contribution in [3.05, 3.63) is 29.8 Å². The molecule has 0 unspecified atom stereocenters. The summed E-state index contributed by atoms with van der Waals surface area (Å²) < 4.78 is 41.0. The second-order valence-electron chi connectivity index (χ2n) is 5.56. The van der Waals surface area contributed by atoms with Crippen molar-refractivity contribution in [1.82, 2.24) is 10.6 Å². The lowest BCUT2D eigenvalue weighted by Gasteiger charge is -2.19. The first-order valence-electron chi connectivity index (χ1n) is 7.26. The quantitative estimate of drug-likeness (QED) is 0.706. The summed E-state index contributed by atoms with van der Waals surface area (Å²) in [5.74, 6) is -0.827. The summed E-state index contributed by atoms with van der Waals surface area (Å²) in [5.41, 5.74) is 5.19. The molecule has 0 aromatic heterocycles.